The van der Waals surface area contributed by atoms with Crippen LogP contribution >= 0.6 is 0 Å². The van der Waals surface area contributed by atoms with E-state index in [0.29, 0.717) is 5.41 Å². The van der Waals surface area contributed by atoms with Gasteiger partial charge >= 0.3 is 0 Å². The molecule has 1 N–H and O–H groups in total. The Morgan fingerprint density at radius 1 is 1.05 bits per heavy atom. The predicted molar refractivity (Wildman–Crippen MR) is 89.7 cm³/mol. The SMILES string of the molecule is CCCC1(CN2CCC(N3CCCCC3)CC2)CCNC1. The minimum Gasteiger partial charge on any atom is -0.316 e. The summed E-state index contributed by atoms with van der Waals surface area (Å²) in [6, 6.07) is 0.894. The molecule has 122 valence electrons. The molecule has 0 radical (unpaired) electrons. The molecule has 0 aromatic heterocycles. The van der Waals surface area contributed by atoms with Crippen LogP contribution in [-0.4, -0.2) is 61.7 Å². The topological polar surface area (TPSA) is 18.5 Å². The number of hydrogen-bond acceptors (Lipinski definition) is 3. The largest absolute Gasteiger partial charge is 0.316 e. The van der Waals surface area contributed by atoms with Crippen LogP contribution in [0, 0.1) is 5.41 Å². The molecule has 21 heavy (non-hydrogen) atoms. The molecule has 3 rings (SSSR count). The van der Waals surface area contributed by atoms with E-state index in [-0.39, 0.29) is 0 Å². The van der Waals surface area contributed by atoms with E-state index in [9.17, 15) is 0 Å². The summed E-state index contributed by atoms with van der Waals surface area (Å²) >= 11 is 0. The minimum absolute atomic E-state index is 0.590. The van der Waals surface area contributed by atoms with Gasteiger partial charge in [-0.1, -0.05) is 19.8 Å². The molecule has 0 amide bonds. The highest BCUT2D eigenvalue weighted by Gasteiger charge is 2.36. The lowest BCUT2D eigenvalue weighted by Gasteiger charge is -2.43. The van der Waals surface area contributed by atoms with Crippen LogP contribution in [-0.2, 0) is 0 Å². The first kappa shape index (κ1) is 15.8. The van der Waals surface area contributed by atoms with Gasteiger partial charge < -0.3 is 15.1 Å². The summed E-state index contributed by atoms with van der Waals surface area (Å²) in [5.74, 6) is 0. The lowest BCUT2D eigenvalue weighted by Crippen LogP contribution is -2.49. The van der Waals surface area contributed by atoms with Crippen LogP contribution in [0.1, 0.15) is 58.3 Å². The lowest BCUT2D eigenvalue weighted by molar-refractivity contribution is 0.0681. The van der Waals surface area contributed by atoms with E-state index in [1.54, 1.807) is 0 Å². The first-order valence-electron chi connectivity index (χ1n) is 9.48. The van der Waals surface area contributed by atoms with Gasteiger partial charge in [-0.2, -0.15) is 0 Å². The predicted octanol–water partition coefficient (Wildman–Crippen LogP) is 2.72. The Balaban J connectivity index is 1.46. The van der Waals surface area contributed by atoms with E-state index in [2.05, 4.69) is 22.0 Å². The summed E-state index contributed by atoms with van der Waals surface area (Å²) in [7, 11) is 0. The molecule has 0 bridgehead atoms. The van der Waals surface area contributed by atoms with Gasteiger partial charge in [0, 0.05) is 19.1 Å². The van der Waals surface area contributed by atoms with E-state index < -0.39 is 0 Å². The second-order valence-electron chi connectivity index (χ2n) is 7.78. The molecule has 1 unspecified atom stereocenters. The monoisotopic (exact) mass is 293 g/mol. The van der Waals surface area contributed by atoms with Crippen molar-refractivity contribution in [1.82, 2.24) is 15.1 Å². The molecule has 0 spiro atoms. The molecule has 0 aromatic rings. The molecule has 3 saturated heterocycles. The van der Waals surface area contributed by atoms with Crippen molar-refractivity contribution < 1.29 is 0 Å². The number of hydrogen-bond donors (Lipinski definition) is 1. The number of nitrogens with one attached hydrogen (secondary N) is 1. The molecule has 0 aliphatic carbocycles. The Bertz CT molecular complexity index is 298. The fourth-order valence-electron chi connectivity index (χ4n) is 4.95. The smallest absolute Gasteiger partial charge is 0.0120 e. The third-order valence-electron chi connectivity index (χ3n) is 6.14. The molecule has 3 aliphatic rings. The Morgan fingerprint density at radius 2 is 1.81 bits per heavy atom. The minimum atomic E-state index is 0.590. The van der Waals surface area contributed by atoms with Crippen LogP contribution in [0.3, 0.4) is 0 Å². The van der Waals surface area contributed by atoms with Gasteiger partial charge in [0.15, 0.2) is 0 Å². The molecule has 3 heteroatoms. The average Bonchev–Trinajstić information content (AvgIpc) is 2.98. The van der Waals surface area contributed by atoms with Crippen LogP contribution in [0.15, 0.2) is 0 Å². The molecule has 3 fully saturated rings. The molecular formula is C18H35N3. The fraction of sp³-hybridized carbons (Fsp3) is 1.00. The Kier molecular flexibility index (Phi) is 5.58. The zero-order valence-corrected chi connectivity index (χ0v) is 14.1. The molecule has 3 heterocycles. The van der Waals surface area contributed by atoms with E-state index in [0.717, 1.165) is 6.04 Å². The van der Waals surface area contributed by atoms with Crippen LogP contribution in [0.2, 0.25) is 0 Å². The quantitative estimate of drug-likeness (QED) is 0.841. The van der Waals surface area contributed by atoms with Crippen LogP contribution in [0.5, 0.6) is 0 Å². The zero-order valence-electron chi connectivity index (χ0n) is 14.1. The molecular weight excluding hydrogens is 258 g/mol. The van der Waals surface area contributed by atoms with E-state index in [1.165, 1.54) is 97.2 Å². The number of nitrogens with zero attached hydrogens (tertiary/aromatic N) is 2. The van der Waals surface area contributed by atoms with Crippen molar-refractivity contribution in [3.05, 3.63) is 0 Å². The Labute approximate surface area is 131 Å². The second-order valence-corrected chi connectivity index (χ2v) is 7.78. The standard InChI is InChI=1S/C18H35N3/c1-2-8-18(9-10-19-15-18)16-20-13-6-17(7-14-20)21-11-4-3-5-12-21/h17,19H,2-16H2,1H3. The summed E-state index contributed by atoms with van der Waals surface area (Å²) in [4.78, 5) is 5.57. The van der Waals surface area contributed by atoms with Crippen molar-refractivity contribution in [2.45, 2.75) is 64.3 Å². The van der Waals surface area contributed by atoms with Crippen LogP contribution < -0.4 is 5.32 Å². The highest BCUT2D eigenvalue weighted by atomic mass is 15.2. The van der Waals surface area contributed by atoms with Gasteiger partial charge in [0.25, 0.3) is 0 Å². The summed E-state index contributed by atoms with van der Waals surface area (Å²) in [6.45, 7) is 11.6. The van der Waals surface area contributed by atoms with Gasteiger partial charge in [-0.25, -0.2) is 0 Å². The molecule has 0 saturated carbocycles. The highest BCUT2D eigenvalue weighted by Crippen LogP contribution is 2.33. The van der Waals surface area contributed by atoms with E-state index in [4.69, 9.17) is 0 Å². The van der Waals surface area contributed by atoms with Gasteiger partial charge in [-0.3, -0.25) is 0 Å². The maximum Gasteiger partial charge on any atom is 0.0120 e. The first-order valence-corrected chi connectivity index (χ1v) is 9.48. The van der Waals surface area contributed by atoms with Crippen molar-refractivity contribution in [2.24, 2.45) is 5.41 Å². The third-order valence-corrected chi connectivity index (χ3v) is 6.14. The maximum absolute atomic E-state index is 3.61. The average molecular weight is 293 g/mol. The molecule has 3 nitrogen and oxygen atoms in total. The van der Waals surface area contributed by atoms with Crippen molar-refractivity contribution in [3.8, 4) is 0 Å². The second kappa shape index (κ2) is 7.43. The lowest BCUT2D eigenvalue weighted by atomic mass is 9.81. The van der Waals surface area contributed by atoms with Crippen LogP contribution in [0.25, 0.3) is 0 Å². The maximum atomic E-state index is 3.61. The third kappa shape index (κ3) is 4.00. The Morgan fingerprint density at radius 3 is 2.43 bits per heavy atom. The van der Waals surface area contributed by atoms with Crippen molar-refractivity contribution in [3.63, 3.8) is 0 Å². The molecule has 0 aromatic carbocycles. The summed E-state index contributed by atoms with van der Waals surface area (Å²) in [6.07, 6.45) is 11.3. The van der Waals surface area contributed by atoms with E-state index >= 15 is 0 Å². The number of piperidine rings is 2. The first-order chi connectivity index (χ1) is 10.3. The molecule has 3 aliphatic heterocycles. The summed E-state index contributed by atoms with van der Waals surface area (Å²) in [5.41, 5.74) is 0.590. The Hall–Kier alpha value is -0.120. The fourth-order valence-corrected chi connectivity index (χ4v) is 4.95. The summed E-state index contributed by atoms with van der Waals surface area (Å²) in [5, 5.41) is 3.61. The number of likely N-dealkylation sites (tertiary alicyclic amines) is 2. The summed E-state index contributed by atoms with van der Waals surface area (Å²) < 4.78 is 0. The van der Waals surface area contributed by atoms with Crippen molar-refractivity contribution >= 4 is 0 Å². The highest BCUT2D eigenvalue weighted by molar-refractivity contribution is 4.92. The van der Waals surface area contributed by atoms with Gasteiger partial charge in [-0.05, 0) is 76.7 Å². The normalized spacial score (nSPS) is 33.6. The van der Waals surface area contributed by atoms with Gasteiger partial charge in [0.05, 0.1) is 0 Å². The number of rotatable bonds is 5. The van der Waals surface area contributed by atoms with Gasteiger partial charge in [0.2, 0.25) is 0 Å². The van der Waals surface area contributed by atoms with Crippen molar-refractivity contribution in [1.29, 1.82) is 0 Å². The van der Waals surface area contributed by atoms with E-state index in [1.807, 2.05) is 0 Å². The van der Waals surface area contributed by atoms with Crippen molar-refractivity contribution in [2.75, 3.05) is 45.8 Å². The molecule has 1 atom stereocenters. The van der Waals surface area contributed by atoms with Gasteiger partial charge in [0.1, 0.15) is 0 Å². The van der Waals surface area contributed by atoms with Gasteiger partial charge in [-0.15, -0.1) is 0 Å². The van der Waals surface area contributed by atoms with Crippen LogP contribution in [0.4, 0.5) is 0 Å². The zero-order chi connectivity index (χ0) is 14.5.